The van der Waals surface area contributed by atoms with Crippen LogP contribution in [-0.2, 0) is 4.74 Å². The number of carbonyl (C=O) groups is 1. The lowest BCUT2D eigenvalue weighted by molar-refractivity contribution is -0.153. The Kier molecular flexibility index (Phi) is 3.78. The number of carbonyl (C=O) groups excluding carboxylic acids is 1. The molecular weight excluding hydrogens is 275 g/mol. The summed E-state index contributed by atoms with van der Waals surface area (Å²) in [5.41, 5.74) is 0.594. The molecule has 0 saturated carbocycles. The van der Waals surface area contributed by atoms with Gasteiger partial charge in [-0.15, -0.1) is 0 Å². The summed E-state index contributed by atoms with van der Waals surface area (Å²) in [6.07, 6.45) is -4.39. The normalized spacial score (nSPS) is 11.4. The largest absolute Gasteiger partial charge is 0.484 e. The van der Waals surface area contributed by atoms with Crippen molar-refractivity contribution in [3.63, 3.8) is 0 Å². The van der Waals surface area contributed by atoms with Crippen LogP contribution < -0.4 is 4.74 Å². The van der Waals surface area contributed by atoms with Crippen LogP contribution in [0.3, 0.4) is 0 Å². The maximum absolute atomic E-state index is 12.0. The lowest BCUT2D eigenvalue weighted by Gasteiger charge is -2.09. The summed E-state index contributed by atoms with van der Waals surface area (Å²) < 4.78 is 45.3. The molecule has 0 bridgehead atoms. The van der Waals surface area contributed by atoms with Crippen LogP contribution in [0.4, 0.5) is 13.2 Å². The molecule has 0 saturated heterocycles. The van der Waals surface area contributed by atoms with E-state index in [0.717, 1.165) is 0 Å². The highest BCUT2D eigenvalue weighted by Gasteiger charge is 2.28. The minimum Gasteiger partial charge on any atom is -0.484 e. The molecule has 0 amide bonds. The van der Waals surface area contributed by atoms with Gasteiger partial charge in [-0.05, 0) is 24.3 Å². The zero-order valence-corrected chi connectivity index (χ0v) is 10.4. The highest BCUT2D eigenvalue weighted by Crippen LogP contribution is 2.22. The summed E-state index contributed by atoms with van der Waals surface area (Å²) in [6, 6.07) is 7.27. The van der Waals surface area contributed by atoms with Crippen LogP contribution in [0.15, 0.2) is 30.3 Å². The molecule has 1 aromatic heterocycles. The average Bonchev–Trinajstić information content (AvgIpc) is 2.42. The van der Waals surface area contributed by atoms with Gasteiger partial charge in [0, 0.05) is 5.39 Å². The number of alkyl halides is 3. The third kappa shape index (κ3) is 3.37. The average molecular weight is 285 g/mol. The minimum absolute atomic E-state index is 0.0856. The number of pyridine rings is 1. The highest BCUT2D eigenvalue weighted by molar-refractivity contribution is 5.91. The molecule has 7 heteroatoms. The van der Waals surface area contributed by atoms with Crippen LogP contribution in [0, 0.1) is 0 Å². The molecule has 20 heavy (non-hydrogen) atoms. The van der Waals surface area contributed by atoms with Gasteiger partial charge in [0.1, 0.15) is 11.4 Å². The molecule has 2 aromatic rings. The van der Waals surface area contributed by atoms with Gasteiger partial charge in [-0.25, -0.2) is 9.78 Å². The van der Waals surface area contributed by atoms with E-state index in [-0.39, 0.29) is 11.4 Å². The van der Waals surface area contributed by atoms with Crippen molar-refractivity contribution < 1.29 is 27.4 Å². The van der Waals surface area contributed by atoms with Crippen LogP contribution in [-0.4, -0.2) is 30.8 Å². The van der Waals surface area contributed by atoms with Crippen LogP contribution in [0.2, 0.25) is 0 Å². The summed E-state index contributed by atoms with van der Waals surface area (Å²) in [5, 5.41) is 0.567. The SMILES string of the molecule is COC(=O)c1ccc2cc(OCC(F)(F)F)ccc2n1. The van der Waals surface area contributed by atoms with Crippen LogP contribution in [0.25, 0.3) is 10.9 Å². The van der Waals surface area contributed by atoms with Crippen LogP contribution >= 0.6 is 0 Å². The van der Waals surface area contributed by atoms with Crippen molar-refractivity contribution in [2.75, 3.05) is 13.7 Å². The van der Waals surface area contributed by atoms with E-state index in [1.54, 1.807) is 6.07 Å². The molecule has 1 heterocycles. The lowest BCUT2D eigenvalue weighted by atomic mass is 10.2. The van der Waals surface area contributed by atoms with Crippen molar-refractivity contribution in [2.45, 2.75) is 6.18 Å². The van der Waals surface area contributed by atoms with Gasteiger partial charge < -0.3 is 9.47 Å². The number of hydrogen-bond acceptors (Lipinski definition) is 4. The fourth-order valence-electron chi connectivity index (χ4n) is 1.58. The highest BCUT2D eigenvalue weighted by atomic mass is 19.4. The summed E-state index contributed by atoms with van der Waals surface area (Å²) >= 11 is 0. The molecule has 4 nitrogen and oxygen atoms in total. The molecule has 0 unspecified atom stereocenters. The van der Waals surface area contributed by atoms with E-state index in [0.29, 0.717) is 10.9 Å². The molecule has 0 aliphatic rings. The van der Waals surface area contributed by atoms with Crippen LogP contribution in [0.1, 0.15) is 10.5 Å². The summed E-state index contributed by atoms with van der Waals surface area (Å²) in [7, 11) is 1.24. The number of ether oxygens (including phenoxy) is 2. The third-order valence-electron chi connectivity index (χ3n) is 2.46. The Bertz CT molecular complexity index is 640. The second-order valence-electron chi connectivity index (χ2n) is 3.95. The van der Waals surface area contributed by atoms with E-state index in [1.807, 2.05) is 0 Å². The Morgan fingerprint density at radius 2 is 2.00 bits per heavy atom. The molecule has 0 atom stereocenters. The number of rotatable bonds is 3. The van der Waals surface area contributed by atoms with Gasteiger partial charge in [-0.1, -0.05) is 6.07 Å². The van der Waals surface area contributed by atoms with Gasteiger partial charge in [0.05, 0.1) is 12.6 Å². The molecule has 2 rings (SSSR count). The zero-order valence-electron chi connectivity index (χ0n) is 10.4. The molecule has 0 radical (unpaired) electrons. The summed E-state index contributed by atoms with van der Waals surface area (Å²) in [5.74, 6) is -0.494. The number of halogens is 3. The smallest absolute Gasteiger partial charge is 0.422 e. The third-order valence-corrected chi connectivity index (χ3v) is 2.46. The maximum atomic E-state index is 12.0. The Hall–Kier alpha value is -2.31. The minimum atomic E-state index is -4.39. The zero-order chi connectivity index (χ0) is 14.8. The second-order valence-corrected chi connectivity index (χ2v) is 3.95. The number of benzene rings is 1. The molecule has 0 N–H and O–H groups in total. The number of nitrogens with zero attached hydrogens (tertiary/aromatic N) is 1. The van der Waals surface area contributed by atoms with Crippen molar-refractivity contribution >= 4 is 16.9 Å². The maximum Gasteiger partial charge on any atom is 0.422 e. The number of esters is 1. The molecule has 1 aromatic carbocycles. The fraction of sp³-hybridized carbons (Fsp3) is 0.231. The first-order valence-electron chi connectivity index (χ1n) is 5.58. The fourth-order valence-corrected chi connectivity index (χ4v) is 1.58. The molecule has 0 spiro atoms. The Balaban J connectivity index is 2.25. The number of hydrogen-bond donors (Lipinski definition) is 0. The molecule has 0 fully saturated rings. The van der Waals surface area contributed by atoms with Crippen molar-refractivity contribution in [2.24, 2.45) is 0 Å². The number of fused-ring (bicyclic) bond motifs is 1. The molecule has 0 aliphatic heterocycles. The van der Waals surface area contributed by atoms with Gasteiger partial charge in [-0.3, -0.25) is 0 Å². The van der Waals surface area contributed by atoms with E-state index in [4.69, 9.17) is 0 Å². The Labute approximate surface area is 112 Å². The molecule has 106 valence electrons. The first kappa shape index (κ1) is 14.1. The van der Waals surface area contributed by atoms with Gasteiger partial charge >= 0.3 is 12.1 Å². The topological polar surface area (TPSA) is 48.4 Å². The summed E-state index contributed by atoms with van der Waals surface area (Å²) in [6.45, 7) is -1.35. The van der Waals surface area contributed by atoms with E-state index in [2.05, 4.69) is 14.5 Å². The van der Waals surface area contributed by atoms with E-state index in [1.165, 1.54) is 31.4 Å². The predicted octanol–water partition coefficient (Wildman–Crippen LogP) is 2.96. The second kappa shape index (κ2) is 5.36. The van der Waals surface area contributed by atoms with E-state index >= 15 is 0 Å². The van der Waals surface area contributed by atoms with Crippen molar-refractivity contribution in [3.05, 3.63) is 36.0 Å². The van der Waals surface area contributed by atoms with Crippen molar-refractivity contribution in [1.82, 2.24) is 4.98 Å². The van der Waals surface area contributed by atoms with Crippen molar-refractivity contribution in [3.8, 4) is 5.75 Å². The molecule has 0 aliphatic carbocycles. The van der Waals surface area contributed by atoms with Crippen LogP contribution in [0.5, 0.6) is 5.75 Å². The number of methoxy groups -OCH3 is 1. The van der Waals surface area contributed by atoms with Gasteiger partial charge in [0.2, 0.25) is 0 Å². The quantitative estimate of drug-likeness (QED) is 0.813. The lowest BCUT2D eigenvalue weighted by Crippen LogP contribution is -2.19. The van der Waals surface area contributed by atoms with Gasteiger partial charge in [0.25, 0.3) is 0 Å². The first-order valence-corrected chi connectivity index (χ1v) is 5.58. The monoisotopic (exact) mass is 285 g/mol. The van der Waals surface area contributed by atoms with E-state index in [9.17, 15) is 18.0 Å². The van der Waals surface area contributed by atoms with Gasteiger partial charge in [0.15, 0.2) is 6.61 Å². The predicted molar refractivity (Wildman–Crippen MR) is 64.6 cm³/mol. The van der Waals surface area contributed by atoms with Crippen molar-refractivity contribution in [1.29, 1.82) is 0 Å². The van der Waals surface area contributed by atoms with E-state index < -0.39 is 18.8 Å². The first-order chi connectivity index (χ1) is 9.39. The standard InChI is InChI=1S/C13H10F3NO3/c1-19-12(18)11-4-2-8-6-9(3-5-10(8)17-11)20-7-13(14,15)16/h2-6H,7H2,1H3. The van der Waals surface area contributed by atoms with Gasteiger partial charge in [-0.2, -0.15) is 13.2 Å². The number of aromatic nitrogens is 1. The molecular formula is C13H10F3NO3. The Morgan fingerprint density at radius 1 is 1.25 bits per heavy atom. The Morgan fingerprint density at radius 3 is 2.65 bits per heavy atom. The summed E-state index contributed by atoms with van der Waals surface area (Å²) in [4.78, 5) is 15.3.